The lowest BCUT2D eigenvalue weighted by molar-refractivity contribution is -0.152. The van der Waals surface area contributed by atoms with Crippen molar-refractivity contribution in [3.63, 3.8) is 0 Å². The van der Waals surface area contributed by atoms with E-state index in [1.165, 1.54) is 16.7 Å². The highest BCUT2D eigenvalue weighted by Crippen LogP contribution is 2.44. The third-order valence-electron chi connectivity index (χ3n) is 8.37. The molecule has 0 spiro atoms. The Balaban J connectivity index is 1.21. The van der Waals surface area contributed by atoms with Crippen molar-refractivity contribution in [2.24, 2.45) is 0 Å². The molecule has 6 rings (SSSR count). The molecule has 2 unspecified atom stereocenters. The van der Waals surface area contributed by atoms with Gasteiger partial charge >= 0.3 is 12.1 Å². The van der Waals surface area contributed by atoms with E-state index >= 15 is 0 Å². The lowest BCUT2D eigenvalue weighted by Gasteiger charge is -2.39. The maximum absolute atomic E-state index is 14.1. The monoisotopic (exact) mass is 571 g/mol. The first-order chi connectivity index (χ1) is 19.9. The molecule has 8 nitrogen and oxygen atoms in total. The zero-order valence-electron chi connectivity index (χ0n) is 22.7. The summed E-state index contributed by atoms with van der Waals surface area (Å²) in [5.74, 6) is -0.496. The van der Waals surface area contributed by atoms with Crippen molar-refractivity contribution >= 4 is 29.7 Å². The fourth-order valence-corrected chi connectivity index (χ4v) is 7.39. The molecule has 2 fully saturated rings. The molecule has 2 heterocycles. The predicted octanol–water partition coefficient (Wildman–Crippen LogP) is 4.20. The number of rotatable bonds is 7. The van der Waals surface area contributed by atoms with Crippen LogP contribution >= 0.6 is 11.8 Å². The molecule has 9 heteroatoms. The van der Waals surface area contributed by atoms with Gasteiger partial charge in [-0.05, 0) is 34.2 Å². The van der Waals surface area contributed by atoms with Gasteiger partial charge in [-0.2, -0.15) is 11.8 Å². The molecular weight excluding hydrogens is 538 g/mol. The number of benzene rings is 3. The van der Waals surface area contributed by atoms with E-state index in [0.717, 1.165) is 27.8 Å². The summed E-state index contributed by atoms with van der Waals surface area (Å²) in [4.78, 5) is 43.1. The number of hydrogen-bond acceptors (Lipinski definition) is 6. The number of carboxylic acids is 1. The van der Waals surface area contributed by atoms with E-state index in [4.69, 9.17) is 4.74 Å². The van der Waals surface area contributed by atoms with Gasteiger partial charge in [0.25, 0.3) is 5.91 Å². The number of ether oxygens (including phenoxy) is 1. The second kappa shape index (κ2) is 11.6. The van der Waals surface area contributed by atoms with E-state index in [1.54, 1.807) is 0 Å². The molecule has 3 aromatic rings. The highest BCUT2D eigenvalue weighted by molar-refractivity contribution is 7.99. The second-order valence-corrected chi connectivity index (χ2v) is 12.1. The first kappa shape index (κ1) is 27.4. The number of likely N-dealkylation sites (tertiary alicyclic amines) is 1. The van der Waals surface area contributed by atoms with Gasteiger partial charge in [-0.25, -0.2) is 9.59 Å². The average molecular weight is 572 g/mol. The van der Waals surface area contributed by atoms with Crippen LogP contribution in [-0.2, 0) is 20.9 Å². The molecule has 212 valence electrons. The third kappa shape index (κ3) is 5.44. The fraction of sp³-hybridized carbons (Fsp3) is 0.344. The highest BCUT2D eigenvalue weighted by Gasteiger charge is 2.50. The van der Waals surface area contributed by atoms with E-state index in [0.29, 0.717) is 37.6 Å². The van der Waals surface area contributed by atoms with Gasteiger partial charge in [-0.1, -0.05) is 78.9 Å². The van der Waals surface area contributed by atoms with E-state index in [1.807, 2.05) is 54.6 Å². The van der Waals surface area contributed by atoms with E-state index in [2.05, 4.69) is 34.5 Å². The van der Waals surface area contributed by atoms with Crippen molar-refractivity contribution in [3.05, 3.63) is 95.6 Å². The number of carboxylic acid groups (broad SMARTS) is 1. The minimum Gasteiger partial charge on any atom is -0.480 e. The summed E-state index contributed by atoms with van der Waals surface area (Å²) in [6, 6.07) is 25.3. The number of amides is 2. The number of hydrogen-bond donors (Lipinski definition) is 2. The maximum Gasteiger partial charge on any atom is 0.408 e. The van der Waals surface area contributed by atoms with Gasteiger partial charge in [-0.15, -0.1) is 0 Å². The summed E-state index contributed by atoms with van der Waals surface area (Å²) in [6.07, 6.45) is -0.293. The van der Waals surface area contributed by atoms with E-state index in [9.17, 15) is 19.5 Å². The zero-order valence-corrected chi connectivity index (χ0v) is 23.5. The molecular formula is C32H33N3O5S. The standard InChI is InChI=1S/C32H33N3O5S/c36-29(37)28-20-41-17-16-35(28)30(38)32(14-15-34(21-32)18-22-8-2-1-3-9-22)33-31(39)40-19-27-25-12-6-4-10-23(25)24-11-5-7-13-26(24)27/h1-13,27-28H,14-21H2,(H,33,39)(H,36,37). The third-order valence-corrected chi connectivity index (χ3v) is 9.39. The van der Waals surface area contributed by atoms with Gasteiger partial charge in [0.2, 0.25) is 0 Å². The van der Waals surface area contributed by atoms with Crippen LogP contribution in [0.1, 0.15) is 29.0 Å². The Bertz CT molecular complexity index is 1400. The van der Waals surface area contributed by atoms with Crippen molar-refractivity contribution in [3.8, 4) is 11.1 Å². The number of carbonyl (C=O) groups excluding carboxylic acids is 2. The summed E-state index contributed by atoms with van der Waals surface area (Å²) < 4.78 is 5.83. The summed E-state index contributed by atoms with van der Waals surface area (Å²) in [7, 11) is 0. The normalized spacial score (nSPS) is 22.1. The molecule has 0 radical (unpaired) electrons. The van der Waals surface area contributed by atoms with Crippen LogP contribution in [0.15, 0.2) is 78.9 Å². The molecule has 2 amide bonds. The Morgan fingerprint density at radius 1 is 0.927 bits per heavy atom. The van der Waals surface area contributed by atoms with Gasteiger partial charge in [0.1, 0.15) is 18.2 Å². The molecule has 0 aromatic heterocycles. The Hall–Kier alpha value is -3.82. The number of thioether (sulfide) groups is 1. The van der Waals surface area contributed by atoms with Crippen molar-refractivity contribution in [2.45, 2.75) is 30.5 Å². The predicted molar refractivity (Wildman–Crippen MR) is 158 cm³/mol. The minimum atomic E-state index is -1.27. The van der Waals surface area contributed by atoms with Crippen molar-refractivity contribution in [2.75, 3.05) is 37.7 Å². The maximum atomic E-state index is 14.1. The van der Waals surface area contributed by atoms with E-state index in [-0.39, 0.29) is 25.0 Å². The van der Waals surface area contributed by atoms with Crippen LogP contribution in [0, 0.1) is 0 Å². The molecule has 3 aliphatic rings. The first-order valence-electron chi connectivity index (χ1n) is 14.0. The van der Waals surface area contributed by atoms with Crippen molar-refractivity contribution in [1.82, 2.24) is 15.1 Å². The number of fused-ring (bicyclic) bond motifs is 3. The Labute approximate surface area is 243 Å². The Morgan fingerprint density at radius 3 is 2.27 bits per heavy atom. The van der Waals surface area contributed by atoms with Crippen LogP contribution < -0.4 is 5.32 Å². The summed E-state index contributed by atoms with van der Waals surface area (Å²) in [5, 5.41) is 12.8. The zero-order chi connectivity index (χ0) is 28.4. The van der Waals surface area contributed by atoms with Gasteiger partial charge < -0.3 is 20.1 Å². The van der Waals surface area contributed by atoms with Crippen LogP contribution in [0.4, 0.5) is 4.79 Å². The van der Waals surface area contributed by atoms with Crippen molar-refractivity contribution in [1.29, 1.82) is 0 Å². The van der Waals surface area contributed by atoms with Crippen LogP contribution in [-0.4, -0.2) is 82.2 Å². The highest BCUT2D eigenvalue weighted by atomic mass is 32.2. The van der Waals surface area contributed by atoms with Crippen LogP contribution in [0.5, 0.6) is 0 Å². The van der Waals surface area contributed by atoms with Gasteiger partial charge in [0.15, 0.2) is 0 Å². The van der Waals surface area contributed by atoms with Gasteiger partial charge in [0, 0.05) is 43.6 Å². The molecule has 2 N–H and O–H groups in total. The summed E-state index contributed by atoms with van der Waals surface area (Å²) in [6.45, 7) is 1.95. The SMILES string of the molecule is O=C(NC1(C(=O)N2CCSCC2C(=O)O)CCN(Cc2ccccc2)C1)OCC1c2ccccc2-c2ccccc21. The number of aliphatic carboxylic acids is 1. The quantitative estimate of drug-likeness (QED) is 0.439. The van der Waals surface area contributed by atoms with Crippen LogP contribution in [0.2, 0.25) is 0 Å². The second-order valence-electron chi connectivity index (χ2n) is 10.9. The number of alkyl carbamates (subject to hydrolysis) is 1. The first-order valence-corrected chi connectivity index (χ1v) is 15.1. The smallest absolute Gasteiger partial charge is 0.408 e. The van der Waals surface area contributed by atoms with Crippen LogP contribution in [0.3, 0.4) is 0 Å². The Morgan fingerprint density at radius 2 is 1.59 bits per heavy atom. The summed E-state index contributed by atoms with van der Waals surface area (Å²) >= 11 is 1.52. The molecule has 2 aliphatic heterocycles. The largest absolute Gasteiger partial charge is 0.480 e. The number of carbonyl (C=O) groups is 3. The molecule has 2 saturated heterocycles. The van der Waals surface area contributed by atoms with Gasteiger partial charge in [0.05, 0.1) is 0 Å². The Kier molecular flexibility index (Phi) is 7.73. The lowest BCUT2D eigenvalue weighted by Crippen LogP contribution is -2.65. The lowest BCUT2D eigenvalue weighted by atomic mass is 9.95. The average Bonchev–Trinajstić information content (AvgIpc) is 3.55. The van der Waals surface area contributed by atoms with E-state index < -0.39 is 23.6 Å². The molecule has 1 aliphatic carbocycles. The number of nitrogens with zero attached hydrogens (tertiary/aromatic N) is 2. The molecule has 2 atom stereocenters. The molecule has 3 aromatic carbocycles. The van der Waals surface area contributed by atoms with Crippen molar-refractivity contribution < 1.29 is 24.2 Å². The topological polar surface area (TPSA) is 99.2 Å². The fourth-order valence-electron chi connectivity index (χ4n) is 6.35. The number of nitrogens with one attached hydrogen (secondary N) is 1. The minimum absolute atomic E-state index is 0.103. The van der Waals surface area contributed by atoms with Gasteiger partial charge in [-0.3, -0.25) is 9.69 Å². The summed E-state index contributed by atoms with van der Waals surface area (Å²) in [5.41, 5.74) is 4.33. The molecule has 0 bridgehead atoms. The molecule has 41 heavy (non-hydrogen) atoms. The van der Waals surface area contributed by atoms with Crippen LogP contribution in [0.25, 0.3) is 11.1 Å². The molecule has 0 saturated carbocycles.